The van der Waals surface area contributed by atoms with E-state index >= 15 is 0 Å². The van der Waals surface area contributed by atoms with Crippen molar-refractivity contribution in [3.05, 3.63) is 57.6 Å². The molecule has 0 radical (unpaired) electrons. The monoisotopic (exact) mass is 475 g/mol. The first-order valence-corrected chi connectivity index (χ1v) is 12.3. The van der Waals surface area contributed by atoms with Crippen molar-refractivity contribution in [1.82, 2.24) is 15.4 Å². The Labute approximate surface area is 195 Å². The van der Waals surface area contributed by atoms with Crippen LogP contribution < -0.4 is 15.4 Å². The van der Waals surface area contributed by atoms with Crippen molar-refractivity contribution in [1.29, 1.82) is 0 Å². The van der Waals surface area contributed by atoms with E-state index in [0.717, 1.165) is 27.8 Å². The summed E-state index contributed by atoms with van der Waals surface area (Å²) < 4.78 is 28.3. The van der Waals surface area contributed by atoms with Gasteiger partial charge in [0, 0.05) is 31.6 Å². The molecular weight excluding hydrogens is 442 g/mol. The number of carbonyl (C=O) groups is 2. The maximum absolute atomic E-state index is 12.9. The Morgan fingerprint density at radius 2 is 1.42 bits per heavy atom. The van der Waals surface area contributed by atoms with E-state index in [1.165, 1.54) is 12.1 Å². The van der Waals surface area contributed by atoms with Gasteiger partial charge in [0.25, 0.3) is 5.91 Å². The van der Waals surface area contributed by atoms with E-state index in [2.05, 4.69) is 15.4 Å². The molecule has 0 bridgehead atoms. The lowest BCUT2D eigenvalue weighted by Gasteiger charge is -2.19. The van der Waals surface area contributed by atoms with Crippen molar-refractivity contribution >= 4 is 21.8 Å². The van der Waals surface area contributed by atoms with E-state index in [4.69, 9.17) is 0 Å². The Morgan fingerprint density at radius 3 is 2.03 bits per heavy atom. The Hall–Kier alpha value is -2.91. The molecular formula is C24H33N3O5S. The van der Waals surface area contributed by atoms with Gasteiger partial charge in [-0.3, -0.25) is 9.59 Å². The van der Waals surface area contributed by atoms with Gasteiger partial charge >= 0.3 is 0 Å². The van der Waals surface area contributed by atoms with Gasteiger partial charge in [0.15, 0.2) is 0 Å². The highest BCUT2D eigenvalue weighted by molar-refractivity contribution is 7.89. The first kappa shape index (κ1) is 26.3. The van der Waals surface area contributed by atoms with Crippen LogP contribution in [0.4, 0.5) is 0 Å². The van der Waals surface area contributed by atoms with Crippen LogP contribution in [0.2, 0.25) is 0 Å². The SMILES string of the molecule is Cc1c(C)c(C)c(S(=O)(=O)NCCC(=O)NCCCNC(=O)c2cccc(O)c2)c(C)c1C. The Kier molecular flexibility index (Phi) is 9.01. The van der Waals surface area contributed by atoms with Crippen molar-refractivity contribution in [2.45, 2.75) is 52.4 Å². The van der Waals surface area contributed by atoms with E-state index in [0.29, 0.717) is 25.1 Å². The molecule has 9 heteroatoms. The summed E-state index contributed by atoms with van der Waals surface area (Å²) >= 11 is 0. The van der Waals surface area contributed by atoms with Crippen molar-refractivity contribution in [3.8, 4) is 5.75 Å². The smallest absolute Gasteiger partial charge is 0.251 e. The number of hydrogen-bond donors (Lipinski definition) is 4. The third-order valence-electron chi connectivity index (χ3n) is 5.91. The van der Waals surface area contributed by atoms with Gasteiger partial charge in [-0.15, -0.1) is 0 Å². The predicted molar refractivity (Wildman–Crippen MR) is 128 cm³/mol. The number of sulfonamides is 1. The van der Waals surface area contributed by atoms with Crippen LogP contribution >= 0.6 is 0 Å². The lowest BCUT2D eigenvalue weighted by atomic mass is 9.95. The molecule has 2 aromatic carbocycles. The van der Waals surface area contributed by atoms with Crippen molar-refractivity contribution in [2.75, 3.05) is 19.6 Å². The maximum atomic E-state index is 12.9. The standard InChI is InChI=1S/C24H33N3O5S/c1-15-16(2)18(4)23(19(5)17(15)3)33(31,32)27-13-10-22(29)25-11-7-12-26-24(30)20-8-6-9-21(28)14-20/h6,8-9,14,27-28H,7,10-13H2,1-5H3,(H,25,29)(H,26,30). The molecule has 0 fully saturated rings. The number of nitrogens with one attached hydrogen (secondary N) is 3. The van der Waals surface area contributed by atoms with Gasteiger partial charge in [-0.05, 0) is 87.1 Å². The summed E-state index contributed by atoms with van der Waals surface area (Å²) in [6.07, 6.45) is 0.527. The molecule has 0 aliphatic heterocycles. The van der Waals surface area contributed by atoms with Gasteiger partial charge in [0.2, 0.25) is 15.9 Å². The Balaban J connectivity index is 1.77. The third-order valence-corrected chi connectivity index (χ3v) is 7.65. The highest BCUT2D eigenvalue weighted by Crippen LogP contribution is 2.29. The normalized spacial score (nSPS) is 11.3. The zero-order valence-electron chi connectivity index (χ0n) is 19.8. The van der Waals surface area contributed by atoms with Crippen LogP contribution in [0.25, 0.3) is 0 Å². The van der Waals surface area contributed by atoms with E-state index in [1.807, 2.05) is 20.8 Å². The van der Waals surface area contributed by atoms with Crippen LogP contribution in [0.15, 0.2) is 29.2 Å². The maximum Gasteiger partial charge on any atom is 0.251 e. The summed E-state index contributed by atoms with van der Waals surface area (Å²) in [7, 11) is -3.74. The second-order valence-electron chi connectivity index (χ2n) is 8.11. The number of hydrogen-bond acceptors (Lipinski definition) is 5. The molecule has 180 valence electrons. The Bertz CT molecular complexity index is 1110. The summed E-state index contributed by atoms with van der Waals surface area (Å²) in [4.78, 5) is 24.3. The molecule has 2 aromatic rings. The number of phenols is 1. The quantitative estimate of drug-likeness (QED) is 0.393. The molecule has 0 spiro atoms. The van der Waals surface area contributed by atoms with Crippen molar-refractivity contribution < 1.29 is 23.1 Å². The van der Waals surface area contributed by atoms with Gasteiger partial charge in [-0.2, -0.15) is 0 Å². The largest absolute Gasteiger partial charge is 0.508 e. The fourth-order valence-electron chi connectivity index (χ4n) is 3.60. The van der Waals surface area contributed by atoms with Gasteiger partial charge < -0.3 is 15.7 Å². The van der Waals surface area contributed by atoms with E-state index in [-0.39, 0.29) is 35.4 Å². The average molecular weight is 476 g/mol. The second kappa shape index (κ2) is 11.3. The molecule has 8 nitrogen and oxygen atoms in total. The fourth-order valence-corrected chi connectivity index (χ4v) is 5.22. The predicted octanol–water partition coefficient (Wildman–Crippen LogP) is 2.54. The minimum absolute atomic E-state index is 0.00669. The number of benzene rings is 2. The number of phenolic OH excluding ortho intramolecular Hbond substituents is 1. The number of carbonyl (C=O) groups excluding carboxylic acids is 2. The number of rotatable bonds is 10. The van der Waals surface area contributed by atoms with E-state index < -0.39 is 10.0 Å². The fraction of sp³-hybridized carbons (Fsp3) is 0.417. The Morgan fingerprint density at radius 1 is 0.848 bits per heavy atom. The van der Waals surface area contributed by atoms with Crippen LogP contribution in [-0.2, 0) is 14.8 Å². The van der Waals surface area contributed by atoms with Crippen LogP contribution in [0.1, 0.15) is 51.0 Å². The molecule has 33 heavy (non-hydrogen) atoms. The zero-order chi connectivity index (χ0) is 24.8. The van der Waals surface area contributed by atoms with Crippen LogP contribution in [0.5, 0.6) is 5.75 Å². The van der Waals surface area contributed by atoms with E-state index in [9.17, 15) is 23.1 Å². The molecule has 2 rings (SSSR count). The zero-order valence-corrected chi connectivity index (χ0v) is 20.6. The third kappa shape index (κ3) is 6.79. The second-order valence-corrected chi connectivity index (χ2v) is 9.82. The first-order chi connectivity index (χ1) is 15.5. The summed E-state index contributed by atoms with van der Waals surface area (Å²) in [5.41, 5.74) is 4.79. The first-order valence-electron chi connectivity index (χ1n) is 10.9. The van der Waals surface area contributed by atoms with Crippen LogP contribution in [0.3, 0.4) is 0 Å². The number of amides is 2. The highest BCUT2D eigenvalue weighted by atomic mass is 32.2. The lowest BCUT2D eigenvalue weighted by molar-refractivity contribution is -0.120. The van der Waals surface area contributed by atoms with Gasteiger partial charge in [-0.25, -0.2) is 13.1 Å². The molecule has 0 saturated carbocycles. The molecule has 0 aromatic heterocycles. The van der Waals surface area contributed by atoms with Gasteiger partial charge in [-0.1, -0.05) is 6.07 Å². The van der Waals surface area contributed by atoms with Crippen molar-refractivity contribution in [3.63, 3.8) is 0 Å². The van der Waals surface area contributed by atoms with Crippen LogP contribution in [0, 0.1) is 34.6 Å². The minimum atomic E-state index is -3.74. The van der Waals surface area contributed by atoms with Crippen LogP contribution in [-0.4, -0.2) is 45.0 Å². The molecule has 0 atom stereocenters. The van der Waals surface area contributed by atoms with Crippen molar-refractivity contribution in [2.24, 2.45) is 0 Å². The molecule has 2 amide bonds. The van der Waals surface area contributed by atoms with Gasteiger partial charge in [0.1, 0.15) is 5.75 Å². The topological polar surface area (TPSA) is 125 Å². The molecule has 0 unspecified atom stereocenters. The minimum Gasteiger partial charge on any atom is -0.508 e. The molecule has 4 N–H and O–H groups in total. The van der Waals surface area contributed by atoms with Gasteiger partial charge in [0.05, 0.1) is 4.90 Å². The summed E-state index contributed by atoms with van der Waals surface area (Å²) in [6, 6.07) is 6.04. The summed E-state index contributed by atoms with van der Waals surface area (Å²) in [5.74, 6) is -0.566. The molecule has 0 saturated heterocycles. The molecule has 0 aliphatic rings. The summed E-state index contributed by atoms with van der Waals surface area (Å²) in [6.45, 7) is 10.1. The van der Waals surface area contributed by atoms with E-state index in [1.54, 1.807) is 26.0 Å². The highest BCUT2D eigenvalue weighted by Gasteiger charge is 2.23. The summed E-state index contributed by atoms with van der Waals surface area (Å²) in [5, 5.41) is 14.8. The average Bonchev–Trinajstić information content (AvgIpc) is 2.75. The number of aromatic hydroxyl groups is 1. The molecule has 0 heterocycles. The molecule has 0 aliphatic carbocycles. The lowest BCUT2D eigenvalue weighted by Crippen LogP contribution is -2.33.